The molecule has 0 saturated carbocycles. The summed E-state index contributed by atoms with van der Waals surface area (Å²) in [5, 5.41) is 24.9. The average Bonchev–Trinajstić information content (AvgIpc) is 3.91. The van der Waals surface area contributed by atoms with Gasteiger partial charge in [0.2, 0.25) is 5.95 Å². The highest BCUT2D eigenvalue weighted by atomic mass is 16.5. The number of pyridine rings is 1. The third kappa shape index (κ3) is 7.61. The van der Waals surface area contributed by atoms with Crippen molar-refractivity contribution in [2.24, 2.45) is 0 Å². The lowest BCUT2D eigenvalue weighted by atomic mass is 9.85. The largest absolute Gasteiger partial charge is 0.484 e. The first-order valence-electron chi connectivity index (χ1n) is 19.1. The Bertz CT molecular complexity index is 2040. The van der Waals surface area contributed by atoms with E-state index < -0.39 is 0 Å². The van der Waals surface area contributed by atoms with Crippen molar-refractivity contribution in [1.29, 1.82) is 0 Å². The van der Waals surface area contributed by atoms with E-state index in [9.17, 15) is 4.79 Å². The van der Waals surface area contributed by atoms with Gasteiger partial charge < -0.3 is 19.7 Å². The van der Waals surface area contributed by atoms with Gasteiger partial charge in [0.05, 0.1) is 50.1 Å². The van der Waals surface area contributed by atoms with E-state index in [1.54, 1.807) is 10.9 Å². The van der Waals surface area contributed by atoms with Crippen LogP contribution in [0.1, 0.15) is 88.8 Å². The predicted octanol–water partition coefficient (Wildman–Crippen LogP) is 5.90. The second-order valence-electron chi connectivity index (χ2n) is 15.6. The van der Waals surface area contributed by atoms with Crippen LogP contribution in [0, 0.1) is 0 Å². The average molecular weight is 722 g/mol. The van der Waals surface area contributed by atoms with E-state index in [-0.39, 0.29) is 23.6 Å². The van der Waals surface area contributed by atoms with E-state index in [1.165, 1.54) is 6.42 Å². The first-order chi connectivity index (χ1) is 25.7. The third-order valence-electron chi connectivity index (χ3n) is 10.8. The third-order valence-corrected chi connectivity index (χ3v) is 10.8. The van der Waals surface area contributed by atoms with Crippen LogP contribution in [-0.2, 0) is 16.7 Å². The minimum atomic E-state index is -0.289. The molecule has 2 amide bonds. The van der Waals surface area contributed by atoms with Gasteiger partial charge in [-0.05, 0) is 62.3 Å². The van der Waals surface area contributed by atoms with Crippen LogP contribution in [0.15, 0.2) is 61.1 Å². The monoisotopic (exact) mass is 721 g/mol. The Balaban J connectivity index is 0.963. The summed E-state index contributed by atoms with van der Waals surface area (Å²) in [5.74, 6) is 2.22. The summed E-state index contributed by atoms with van der Waals surface area (Å²) in [6.07, 6.45) is 10.7. The number of carbonyl (C=O) groups is 1. The van der Waals surface area contributed by atoms with Crippen LogP contribution in [0.5, 0.6) is 5.75 Å². The molecule has 0 spiro atoms. The van der Waals surface area contributed by atoms with Gasteiger partial charge in [0.1, 0.15) is 23.4 Å². The molecule has 5 aromatic rings. The fourth-order valence-electron chi connectivity index (χ4n) is 7.70. The van der Waals surface area contributed by atoms with E-state index in [2.05, 4.69) is 75.6 Å². The minimum absolute atomic E-state index is 0.158. The molecule has 14 heteroatoms. The standard InChI is InChI=1S/C39H51N11O3/c1-27-9-7-8-16-48(27)38-44-43-35-15-12-29(26-49(35)38)53-33-14-13-32(30-10-5-6-11-31(30)33)41-37(51)42-36-23-34(39(2,3)4)45-50(36)28-24-40-47(25-28)18-17-46-19-21-52-22-20-46/h5-6,10-12,15,23-27,32-33H,7-9,13-14,16-22H2,1-4H3,(H2,41,42,51)/t27-,32-,33+/m0/s1. The van der Waals surface area contributed by atoms with E-state index in [1.807, 2.05) is 51.8 Å². The molecule has 280 valence electrons. The quantitative estimate of drug-likeness (QED) is 0.191. The van der Waals surface area contributed by atoms with Gasteiger partial charge in [-0.25, -0.2) is 9.48 Å². The zero-order valence-corrected chi connectivity index (χ0v) is 31.2. The molecule has 8 rings (SSSR count). The van der Waals surface area contributed by atoms with Crippen molar-refractivity contribution in [3.05, 3.63) is 77.9 Å². The molecule has 14 nitrogen and oxygen atoms in total. The number of carbonyl (C=O) groups excluding carboxylic acids is 1. The van der Waals surface area contributed by atoms with Crippen molar-refractivity contribution >= 4 is 23.4 Å². The molecule has 3 atom stereocenters. The molecule has 2 saturated heterocycles. The SMILES string of the molecule is C[C@H]1CCCCN1c1nnc2ccc(O[C@@H]3CC[C@H](NC(=O)Nc4cc(C(C)(C)C)nn4-c4cnn(CCN5CCOCC5)c4)c4ccccc43)cn12. The molecule has 6 heterocycles. The number of piperidine rings is 1. The van der Waals surface area contributed by atoms with Gasteiger partial charge in [0, 0.05) is 43.7 Å². The molecule has 4 aromatic heterocycles. The van der Waals surface area contributed by atoms with Crippen LogP contribution in [-0.4, -0.2) is 90.5 Å². The Hall–Kier alpha value is -4.95. The molecule has 1 aromatic carbocycles. The maximum atomic E-state index is 13.7. The Labute approximate surface area is 310 Å². The summed E-state index contributed by atoms with van der Waals surface area (Å²) in [6.45, 7) is 14.7. The molecule has 3 aliphatic rings. The highest BCUT2D eigenvalue weighted by Gasteiger charge is 2.31. The number of urea groups is 1. The fraction of sp³-hybridized carbons (Fsp3) is 0.513. The lowest BCUT2D eigenvalue weighted by Crippen LogP contribution is -2.38. The molecule has 2 fully saturated rings. The molecule has 0 unspecified atom stereocenters. The molecule has 2 aliphatic heterocycles. The number of fused-ring (bicyclic) bond motifs is 2. The number of hydrogen-bond donors (Lipinski definition) is 2. The summed E-state index contributed by atoms with van der Waals surface area (Å²) in [7, 11) is 0. The van der Waals surface area contributed by atoms with Gasteiger partial charge >= 0.3 is 6.03 Å². The lowest BCUT2D eigenvalue weighted by molar-refractivity contribution is 0.0359. The van der Waals surface area contributed by atoms with Gasteiger partial charge in [-0.1, -0.05) is 45.0 Å². The predicted molar refractivity (Wildman–Crippen MR) is 203 cm³/mol. The number of anilines is 2. The minimum Gasteiger partial charge on any atom is -0.484 e. The van der Waals surface area contributed by atoms with Crippen molar-refractivity contribution in [1.82, 2.24) is 44.4 Å². The molecule has 0 bridgehead atoms. The zero-order valence-electron chi connectivity index (χ0n) is 31.2. The Morgan fingerprint density at radius 3 is 2.60 bits per heavy atom. The van der Waals surface area contributed by atoms with Crippen molar-refractivity contribution in [2.45, 2.75) is 89.9 Å². The molecule has 0 radical (unpaired) electrons. The Morgan fingerprint density at radius 1 is 0.962 bits per heavy atom. The van der Waals surface area contributed by atoms with Gasteiger partial charge in [0.15, 0.2) is 5.65 Å². The lowest BCUT2D eigenvalue weighted by Gasteiger charge is -2.33. The summed E-state index contributed by atoms with van der Waals surface area (Å²) in [4.78, 5) is 18.5. The Morgan fingerprint density at radius 2 is 1.79 bits per heavy atom. The van der Waals surface area contributed by atoms with E-state index in [4.69, 9.17) is 14.6 Å². The molecular formula is C39H51N11O3. The van der Waals surface area contributed by atoms with Crippen molar-refractivity contribution in [3.63, 3.8) is 0 Å². The number of morpholine rings is 1. The normalized spacial score (nSPS) is 21.1. The number of nitrogens with zero attached hydrogens (tertiary/aromatic N) is 9. The van der Waals surface area contributed by atoms with E-state index in [0.29, 0.717) is 11.9 Å². The first-order valence-corrected chi connectivity index (χ1v) is 19.1. The molecule has 2 N–H and O–H groups in total. The van der Waals surface area contributed by atoms with Crippen LogP contribution in [0.4, 0.5) is 16.6 Å². The molecule has 1 aliphatic carbocycles. The zero-order chi connectivity index (χ0) is 36.5. The number of amides is 2. The second-order valence-corrected chi connectivity index (χ2v) is 15.6. The maximum Gasteiger partial charge on any atom is 0.320 e. The summed E-state index contributed by atoms with van der Waals surface area (Å²) < 4.78 is 17.9. The van der Waals surface area contributed by atoms with Crippen molar-refractivity contribution < 1.29 is 14.3 Å². The first kappa shape index (κ1) is 35.1. The van der Waals surface area contributed by atoms with E-state index >= 15 is 0 Å². The second kappa shape index (κ2) is 14.8. The van der Waals surface area contributed by atoms with Crippen LogP contribution in [0.25, 0.3) is 11.3 Å². The van der Waals surface area contributed by atoms with Crippen molar-refractivity contribution in [3.8, 4) is 11.4 Å². The summed E-state index contributed by atoms with van der Waals surface area (Å²) in [6, 6.07) is 14.1. The van der Waals surface area contributed by atoms with Gasteiger partial charge in [0.25, 0.3) is 0 Å². The van der Waals surface area contributed by atoms with E-state index in [0.717, 1.165) is 111 Å². The highest BCUT2D eigenvalue weighted by Crippen LogP contribution is 2.39. The fourth-order valence-corrected chi connectivity index (χ4v) is 7.70. The van der Waals surface area contributed by atoms with Crippen LogP contribution in [0.2, 0.25) is 0 Å². The number of rotatable bonds is 9. The van der Waals surface area contributed by atoms with Gasteiger partial charge in [-0.15, -0.1) is 10.2 Å². The van der Waals surface area contributed by atoms with Crippen LogP contribution < -0.4 is 20.3 Å². The number of ether oxygens (including phenoxy) is 2. The van der Waals surface area contributed by atoms with Crippen LogP contribution >= 0.6 is 0 Å². The van der Waals surface area contributed by atoms with Gasteiger partial charge in [-0.3, -0.25) is 19.3 Å². The number of aromatic nitrogens is 7. The Kier molecular flexibility index (Phi) is 9.81. The summed E-state index contributed by atoms with van der Waals surface area (Å²) >= 11 is 0. The van der Waals surface area contributed by atoms with Gasteiger partial charge in [-0.2, -0.15) is 10.2 Å². The number of hydrogen-bond acceptors (Lipinski definition) is 9. The summed E-state index contributed by atoms with van der Waals surface area (Å²) in [5.41, 5.74) is 4.38. The topological polar surface area (TPSA) is 132 Å². The molecule has 53 heavy (non-hydrogen) atoms. The maximum absolute atomic E-state index is 13.7. The molecular weight excluding hydrogens is 671 g/mol. The highest BCUT2D eigenvalue weighted by molar-refractivity contribution is 5.89. The van der Waals surface area contributed by atoms with Crippen molar-refractivity contribution in [2.75, 3.05) is 49.6 Å². The number of nitrogens with one attached hydrogen (secondary N) is 2. The smallest absolute Gasteiger partial charge is 0.320 e. The number of benzene rings is 1. The van der Waals surface area contributed by atoms with Crippen LogP contribution in [0.3, 0.4) is 0 Å².